The van der Waals surface area contributed by atoms with E-state index in [-0.39, 0.29) is 16.6 Å². The van der Waals surface area contributed by atoms with Crippen molar-refractivity contribution in [2.24, 2.45) is 0 Å². The van der Waals surface area contributed by atoms with Crippen molar-refractivity contribution in [1.29, 1.82) is 0 Å². The minimum atomic E-state index is -0.473. The first-order valence-electron chi connectivity index (χ1n) is 11.3. The summed E-state index contributed by atoms with van der Waals surface area (Å²) < 4.78 is 1.72. The first kappa shape index (κ1) is 21.6. The quantitative estimate of drug-likeness (QED) is 0.594. The SMILES string of the molecule is Cc1ccc(C)c(N2CCN(C(=O)CC[C@H]3Nc4c5ccccc5nc(=S)n4C3=O)CC2)c1. The Bertz CT molecular complexity index is 1310. The number of hydrogen-bond donors (Lipinski definition) is 1. The third-order valence-electron chi connectivity index (χ3n) is 6.60. The molecule has 3 aromatic rings. The van der Waals surface area contributed by atoms with Gasteiger partial charge >= 0.3 is 0 Å². The molecule has 0 bridgehead atoms. The van der Waals surface area contributed by atoms with Gasteiger partial charge in [0.1, 0.15) is 11.9 Å². The number of piperazine rings is 1. The molecule has 1 atom stereocenters. The lowest BCUT2D eigenvalue weighted by Gasteiger charge is -2.37. The summed E-state index contributed by atoms with van der Waals surface area (Å²) >= 11 is 5.35. The molecule has 1 saturated heterocycles. The van der Waals surface area contributed by atoms with E-state index in [0.717, 1.165) is 24.0 Å². The van der Waals surface area contributed by atoms with Crippen LogP contribution in [0.15, 0.2) is 42.5 Å². The maximum Gasteiger partial charge on any atom is 0.257 e. The van der Waals surface area contributed by atoms with Crippen LogP contribution < -0.4 is 10.2 Å². The molecule has 0 saturated carbocycles. The van der Waals surface area contributed by atoms with Crippen LogP contribution in [0.5, 0.6) is 0 Å². The van der Waals surface area contributed by atoms with Crippen LogP contribution in [0, 0.1) is 18.6 Å². The van der Waals surface area contributed by atoms with Crippen LogP contribution in [0.1, 0.15) is 28.8 Å². The molecule has 33 heavy (non-hydrogen) atoms. The van der Waals surface area contributed by atoms with Gasteiger partial charge in [0, 0.05) is 43.7 Å². The second kappa shape index (κ2) is 8.59. The van der Waals surface area contributed by atoms with Crippen LogP contribution in [0.2, 0.25) is 0 Å². The van der Waals surface area contributed by atoms with Gasteiger partial charge in [0.15, 0.2) is 0 Å². The molecule has 170 valence electrons. The summed E-state index contributed by atoms with van der Waals surface area (Å²) in [6.45, 7) is 7.24. The van der Waals surface area contributed by atoms with Gasteiger partial charge in [-0.05, 0) is 61.8 Å². The number of amides is 1. The molecule has 0 spiro atoms. The Kier molecular flexibility index (Phi) is 5.62. The van der Waals surface area contributed by atoms with Crippen molar-refractivity contribution in [3.63, 3.8) is 0 Å². The van der Waals surface area contributed by atoms with E-state index in [9.17, 15) is 9.59 Å². The van der Waals surface area contributed by atoms with Crippen molar-refractivity contribution in [3.05, 3.63) is 58.4 Å². The number of nitrogens with zero attached hydrogens (tertiary/aromatic N) is 4. The number of fused-ring (bicyclic) bond motifs is 3. The van der Waals surface area contributed by atoms with E-state index < -0.39 is 6.04 Å². The molecule has 1 amide bonds. The Morgan fingerprint density at radius 2 is 1.88 bits per heavy atom. The number of aryl methyl sites for hydroxylation is 2. The molecule has 1 aromatic heterocycles. The van der Waals surface area contributed by atoms with Crippen LogP contribution in [0.3, 0.4) is 0 Å². The van der Waals surface area contributed by atoms with E-state index >= 15 is 0 Å². The van der Waals surface area contributed by atoms with E-state index in [1.807, 2.05) is 29.2 Å². The monoisotopic (exact) mass is 461 g/mol. The first-order valence-corrected chi connectivity index (χ1v) is 11.8. The molecule has 0 unspecified atom stereocenters. The van der Waals surface area contributed by atoms with Crippen molar-refractivity contribution in [1.82, 2.24) is 14.5 Å². The predicted molar refractivity (Wildman–Crippen MR) is 133 cm³/mol. The lowest BCUT2D eigenvalue weighted by atomic mass is 10.1. The van der Waals surface area contributed by atoms with Gasteiger partial charge in [-0.2, -0.15) is 0 Å². The average molecular weight is 462 g/mol. The number of carbonyl (C=O) groups excluding carboxylic acids is 2. The Morgan fingerprint density at radius 3 is 2.67 bits per heavy atom. The third-order valence-corrected chi connectivity index (χ3v) is 6.88. The topological polar surface area (TPSA) is 70.5 Å². The fourth-order valence-corrected chi connectivity index (χ4v) is 5.03. The molecular formula is C25H27N5O2S. The zero-order valence-electron chi connectivity index (χ0n) is 18.9. The Hall–Kier alpha value is -3.26. The lowest BCUT2D eigenvalue weighted by molar-refractivity contribution is -0.131. The molecule has 0 aliphatic carbocycles. The number of rotatable bonds is 4. The van der Waals surface area contributed by atoms with Crippen molar-refractivity contribution < 1.29 is 9.59 Å². The van der Waals surface area contributed by atoms with Gasteiger partial charge in [0.2, 0.25) is 10.7 Å². The van der Waals surface area contributed by atoms with Gasteiger partial charge in [0.25, 0.3) is 5.91 Å². The van der Waals surface area contributed by atoms with Gasteiger partial charge in [-0.1, -0.05) is 24.3 Å². The smallest absolute Gasteiger partial charge is 0.257 e. The number of aromatic nitrogens is 2. The molecule has 2 aliphatic heterocycles. The highest BCUT2D eigenvalue weighted by Gasteiger charge is 2.33. The van der Waals surface area contributed by atoms with Crippen LogP contribution in [0.25, 0.3) is 10.9 Å². The number of benzene rings is 2. The molecule has 8 heteroatoms. The second-order valence-electron chi connectivity index (χ2n) is 8.83. The highest BCUT2D eigenvalue weighted by atomic mass is 32.1. The normalized spacial score (nSPS) is 17.9. The van der Waals surface area contributed by atoms with Gasteiger partial charge in [-0.25, -0.2) is 9.55 Å². The van der Waals surface area contributed by atoms with E-state index in [4.69, 9.17) is 12.2 Å². The fraction of sp³-hybridized carbons (Fsp3) is 0.360. The zero-order chi connectivity index (χ0) is 23.1. The molecular weight excluding hydrogens is 434 g/mol. The highest BCUT2D eigenvalue weighted by molar-refractivity contribution is 7.71. The summed E-state index contributed by atoms with van der Waals surface area (Å²) in [6.07, 6.45) is 0.749. The highest BCUT2D eigenvalue weighted by Crippen LogP contribution is 2.29. The van der Waals surface area contributed by atoms with Crippen molar-refractivity contribution in [3.8, 4) is 0 Å². The molecule has 3 heterocycles. The predicted octanol–water partition coefficient (Wildman–Crippen LogP) is 3.95. The Balaban J connectivity index is 1.21. The average Bonchev–Trinajstić information content (AvgIpc) is 3.16. The third kappa shape index (κ3) is 3.99. The van der Waals surface area contributed by atoms with Crippen molar-refractivity contribution >= 4 is 46.4 Å². The first-order chi connectivity index (χ1) is 15.9. The molecule has 2 aliphatic rings. The van der Waals surface area contributed by atoms with Crippen LogP contribution in [-0.4, -0.2) is 58.5 Å². The standard InChI is InChI=1S/C25H27N5O2S/c1-16-7-8-17(2)21(15-16)28-11-13-29(14-12-28)22(31)10-9-20-24(32)30-23(26-20)18-5-3-4-6-19(18)27-25(30)33/h3-8,15,20,26H,9-14H2,1-2H3/t20-/m1/s1. The number of anilines is 2. The number of carbonyl (C=O) groups is 2. The lowest BCUT2D eigenvalue weighted by Crippen LogP contribution is -2.49. The van der Waals surface area contributed by atoms with Crippen LogP contribution >= 0.6 is 12.2 Å². The van der Waals surface area contributed by atoms with E-state index in [2.05, 4.69) is 47.2 Å². The second-order valence-corrected chi connectivity index (χ2v) is 9.19. The molecule has 1 fully saturated rings. The maximum absolute atomic E-state index is 13.0. The minimum Gasteiger partial charge on any atom is -0.368 e. The van der Waals surface area contributed by atoms with E-state index in [0.29, 0.717) is 31.7 Å². The van der Waals surface area contributed by atoms with Crippen LogP contribution in [-0.2, 0) is 4.79 Å². The summed E-state index contributed by atoms with van der Waals surface area (Å²) in [6, 6.07) is 13.6. The Morgan fingerprint density at radius 1 is 1.12 bits per heavy atom. The summed E-state index contributed by atoms with van der Waals surface area (Å²) in [4.78, 5) is 34.5. The van der Waals surface area contributed by atoms with Gasteiger partial charge in [-0.15, -0.1) is 0 Å². The van der Waals surface area contributed by atoms with Crippen molar-refractivity contribution in [2.45, 2.75) is 32.7 Å². The Labute approximate surface area is 198 Å². The van der Waals surface area contributed by atoms with E-state index in [1.165, 1.54) is 21.4 Å². The summed E-state index contributed by atoms with van der Waals surface area (Å²) in [5.41, 5.74) is 4.50. The molecule has 0 radical (unpaired) electrons. The largest absolute Gasteiger partial charge is 0.368 e. The van der Waals surface area contributed by atoms with Gasteiger partial charge in [-0.3, -0.25) is 9.59 Å². The van der Waals surface area contributed by atoms with E-state index in [1.54, 1.807) is 0 Å². The maximum atomic E-state index is 13.0. The fourth-order valence-electron chi connectivity index (χ4n) is 4.75. The molecule has 1 N–H and O–H groups in total. The van der Waals surface area contributed by atoms with Crippen LogP contribution in [0.4, 0.5) is 11.5 Å². The number of hydrogen-bond acceptors (Lipinski definition) is 6. The number of para-hydroxylation sites is 1. The zero-order valence-corrected chi connectivity index (χ0v) is 19.7. The number of nitrogens with one attached hydrogen (secondary N) is 1. The summed E-state index contributed by atoms with van der Waals surface area (Å²) in [7, 11) is 0. The van der Waals surface area contributed by atoms with Gasteiger partial charge < -0.3 is 15.1 Å². The minimum absolute atomic E-state index is 0.0905. The van der Waals surface area contributed by atoms with Crippen molar-refractivity contribution in [2.75, 3.05) is 36.4 Å². The molecule has 7 nitrogen and oxygen atoms in total. The molecule has 5 rings (SSSR count). The van der Waals surface area contributed by atoms with Gasteiger partial charge in [0.05, 0.1) is 5.52 Å². The summed E-state index contributed by atoms with van der Waals surface area (Å²) in [5, 5.41) is 4.15. The molecule has 2 aromatic carbocycles. The summed E-state index contributed by atoms with van der Waals surface area (Å²) in [5.74, 6) is 0.628.